The first-order valence-electron chi connectivity index (χ1n) is 7.44. The molecule has 2 N–H and O–H groups in total. The molecule has 0 saturated carbocycles. The van der Waals surface area contributed by atoms with Crippen LogP contribution in [0.15, 0.2) is 18.2 Å². The van der Waals surface area contributed by atoms with Gasteiger partial charge in [-0.25, -0.2) is 0 Å². The number of nitrogens with one attached hydrogen (secondary N) is 1. The highest BCUT2D eigenvalue weighted by molar-refractivity contribution is 5.94. The molecule has 0 fully saturated rings. The van der Waals surface area contributed by atoms with Crippen LogP contribution in [0.5, 0.6) is 11.5 Å². The van der Waals surface area contributed by atoms with E-state index in [9.17, 15) is 9.90 Å². The van der Waals surface area contributed by atoms with Gasteiger partial charge >= 0.3 is 0 Å². The number of benzene rings is 1. The Morgan fingerprint density at radius 2 is 2.05 bits per heavy atom. The minimum atomic E-state index is -0.572. The highest BCUT2D eigenvalue weighted by Crippen LogP contribution is 2.28. The van der Waals surface area contributed by atoms with Gasteiger partial charge in [-0.2, -0.15) is 0 Å². The van der Waals surface area contributed by atoms with Gasteiger partial charge in [0.25, 0.3) is 5.91 Å². The summed E-state index contributed by atoms with van der Waals surface area (Å²) in [6.07, 6.45) is 1.46. The lowest BCUT2D eigenvalue weighted by molar-refractivity contribution is 0.0923. The number of carbonyl (C=O) groups is 1. The predicted molar refractivity (Wildman–Crippen MR) is 82.0 cm³/mol. The molecule has 0 aliphatic heterocycles. The molecule has 1 aromatic rings. The van der Waals surface area contributed by atoms with Gasteiger partial charge < -0.3 is 19.9 Å². The molecule has 1 atom stereocenters. The number of aliphatic hydroxyl groups is 1. The number of hydrogen-bond acceptors (Lipinski definition) is 4. The van der Waals surface area contributed by atoms with E-state index in [1.165, 1.54) is 0 Å². The van der Waals surface area contributed by atoms with Crippen LogP contribution in [0.3, 0.4) is 0 Å². The topological polar surface area (TPSA) is 67.8 Å². The Hall–Kier alpha value is -1.75. The van der Waals surface area contributed by atoms with E-state index < -0.39 is 6.10 Å². The van der Waals surface area contributed by atoms with Gasteiger partial charge in [0.2, 0.25) is 0 Å². The third-order valence-corrected chi connectivity index (χ3v) is 2.82. The van der Waals surface area contributed by atoms with Crippen LogP contribution < -0.4 is 14.8 Å². The first-order chi connectivity index (χ1) is 10.1. The molecule has 0 aliphatic carbocycles. The Morgan fingerprint density at radius 3 is 2.67 bits per heavy atom. The molecule has 0 saturated heterocycles. The summed E-state index contributed by atoms with van der Waals surface area (Å²) in [5, 5.41) is 11.8. The molecule has 1 amide bonds. The molecule has 0 bridgehead atoms. The van der Waals surface area contributed by atoms with Crippen molar-refractivity contribution in [1.82, 2.24) is 5.32 Å². The first-order valence-corrected chi connectivity index (χ1v) is 7.44. The van der Waals surface area contributed by atoms with E-state index in [0.29, 0.717) is 30.3 Å². The SMILES string of the molecule is CCCCOc1ccc(C(=O)NCC(C)O)cc1OCC. The zero-order valence-electron chi connectivity index (χ0n) is 13.0. The number of unbranched alkanes of at least 4 members (excludes halogenated alkanes) is 1. The van der Waals surface area contributed by atoms with Gasteiger partial charge in [-0.15, -0.1) is 0 Å². The second-order valence-electron chi connectivity index (χ2n) is 4.86. The van der Waals surface area contributed by atoms with Gasteiger partial charge in [0, 0.05) is 12.1 Å². The summed E-state index contributed by atoms with van der Waals surface area (Å²) in [6, 6.07) is 5.11. The second kappa shape index (κ2) is 9.23. The number of aliphatic hydroxyl groups excluding tert-OH is 1. The fourth-order valence-electron chi connectivity index (χ4n) is 1.71. The lowest BCUT2D eigenvalue weighted by atomic mass is 10.2. The third kappa shape index (κ3) is 6.04. The Kier molecular flexibility index (Phi) is 7.61. The molecule has 1 rings (SSSR count). The van der Waals surface area contributed by atoms with Crippen molar-refractivity contribution in [2.45, 2.75) is 39.7 Å². The molecule has 0 radical (unpaired) electrons. The van der Waals surface area contributed by atoms with Crippen LogP contribution in [0.25, 0.3) is 0 Å². The fraction of sp³-hybridized carbons (Fsp3) is 0.562. The van der Waals surface area contributed by atoms with Crippen molar-refractivity contribution in [3.63, 3.8) is 0 Å². The normalized spacial score (nSPS) is 11.8. The summed E-state index contributed by atoms with van der Waals surface area (Å²) in [6.45, 7) is 6.96. The van der Waals surface area contributed by atoms with E-state index in [2.05, 4.69) is 12.2 Å². The van der Waals surface area contributed by atoms with E-state index in [1.54, 1.807) is 25.1 Å². The zero-order chi connectivity index (χ0) is 15.7. The number of amides is 1. The van der Waals surface area contributed by atoms with Crippen LogP contribution in [0.1, 0.15) is 44.0 Å². The van der Waals surface area contributed by atoms with Crippen molar-refractivity contribution in [3.05, 3.63) is 23.8 Å². The average Bonchev–Trinajstić information content (AvgIpc) is 2.46. The molecular weight excluding hydrogens is 270 g/mol. The predicted octanol–water partition coefficient (Wildman–Crippen LogP) is 2.37. The van der Waals surface area contributed by atoms with Gasteiger partial charge in [-0.05, 0) is 38.5 Å². The minimum Gasteiger partial charge on any atom is -0.490 e. The second-order valence-corrected chi connectivity index (χ2v) is 4.86. The van der Waals surface area contributed by atoms with Crippen molar-refractivity contribution in [2.24, 2.45) is 0 Å². The van der Waals surface area contributed by atoms with Gasteiger partial charge in [-0.3, -0.25) is 4.79 Å². The Balaban J connectivity index is 2.78. The Labute approximate surface area is 126 Å². The quantitative estimate of drug-likeness (QED) is 0.686. The lowest BCUT2D eigenvalue weighted by Crippen LogP contribution is -2.30. The number of hydrogen-bond donors (Lipinski definition) is 2. The Morgan fingerprint density at radius 1 is 1.29 bits per heavy atom. The highest BCUT2D eigenvalue weighted by atomic mass is 16.5. The Bertz CT molecular complexity index is 446. The van der Waals surface area contributed by atoms with Crippen LogP contribution in [0, 0.1) is 0 Å². The van der Waals surface area contributed by atoms with Gasteiger partial charge in [0.1, 0.15) is 0 Å². The molecule has 1 aromatic carbocycles. The summed E-state index contributed by atoms with van der Waals surface area (Å²) in [5.41, 5.74) is 0.488. The summed E-state index contributed by atoms with van der Waals surface area (Å²) in [5.74, 6) is 0.979. The monoisotopic (exact) mass is 295 g/mol. The summed E-state index contributed by atoms with van der Waals surface area (Å²) < 4.78 is 11.2. The number of rotatable bonds is 9. The van der Waals surface area contributed by atoms with Crippen molar-refractivity contribution in [2.75, 3.05) is 19.8 Å². The van der Waals surface area contributed by atoms with Crippen molar-refractivity contribution >= 4 is 5.91 Å². The van der Waals surface area contributed by atoms with Gasteiger partial charge in [0.15, 0.2) is 11.5 Å². The molecule has 0 aromatic heterocycles. The lowest BCUT2D eigenvalue weighted by Gasteiger charge is -2.13. The maximum atomic E-state index is 12.0. The van der Waals surface area contributed by atoms with Gasteiger partial charge in [-0.1, -0.05) is 13.3 Å². The highest BCUT2D eigenvalue weighted by Gasteiger charge is 2.12. The van der Waals surface area contributed by atoms with E-state index in [0.717, 1.165) is 12.8 Å². The first kappa shape index (κ1) is 17.3. The van der Waals surface area contributed by atoms with Crippen LogP contribution in [0.4, 0.5) is 0 Å². The van der Waals surface area contributed by atoms with Crippen molar-refractivity contribution in [1.29, 1.82) is 0 Å². The minimum absolute atomic E-state index is 0.220. The summed E-state index contributed by atoms with van der Waals surface area (Å²) in [7, 11) is 0. The molecule has 1 unspecified atom stereocenters. The van der Waals surface area contributed by atoms with E-state index in [-0.39, 0.29) is 12.5 Å². The third-order valence-electron chi connectivity index (χ3n) is 2.82. The van der Waals surface area contributed by atoms with Crippen LogP contribution >= 0.6 is 0 Å². The van der Waals surface area contributed by atoms with Crippen molar-refractivity contribution < 1.29 is 19.4 Å². The molecule has 5 heteroatoms. The van der Waals surface area contributed by atoms with Crippen LogP contribution in [-0.4, -0.2) is 36.9 Å². The van der Waals surface area contributed by atoms with E-state index >= 15 is 0 Å². The van der Waals surface area contributed by atoms with Crippen LogP contribution in [-0.2, 0) is 0 Å². The zero-order valence-corrected chi connectivity index (χ0v) is 13.0. The molecule has 0 heterocycles. The smallest absolute Gasteiger partial charge is 0.251 e. The maximum absolute atomic E-state index is 12.0. The standard InChI is InChI=1S/C16H25NO4/c1-4-6-9-21-14-8-7-13(10-15(14)20-5-2)16(19)17-11-12(3)18/h7-8,10,12,18H,4-6,9,11H2,1-3H3,(H,17,19). The fourth-order valence-corrected chi connectivity index (χ4v) is 1.71. The van der Waals surface area contributed by atoms with Crippen molar-refractivity contribution in [3.8, 4) is 11.5 Å². The largest absolute Gasteiger partial charge is 0.490 e. The number of carbonyl (C=O) groups excluding carboxylic acids is 1. The molecule has 0 aliphatic rings. The molecule has 118 valence electrons. The van der Waals surface area contributed by atoms with Crippen LogP contribution in [0.2, 0.25) is 0 Å². The average molecular weight is 295 g/mol. The molecular formula is C16H25NO4. The van der Waals surface area contributed by atoms with E-state index in [1.807, 2.05) is 6.92 Å². The summed E-state index contributed by atoms with van der Waals surface area (Å²) in [4.78, 5) is 12.0. The molecule has 0 spiro atoms. The number of ether oxygens (including phenoxy) is 2. The molecule has 21 heavy (non-hydrogen) atoms. The maximum Gasteiger partial charge on any atom is 0.251 e. The van der Waals surface area contributed by atoms with E-state index in [4.69, 9.17) is 9.47 Å². The summed E-state index contributed by atoms with van der Waals surface area (Å²) >= 11 is 0. The van der Waals surface area contributed by atoms with Gasteiger partial charge in [0.05, 0.1) is 19.3 Å². The molecule has 5 nitrogen and oxygen atoms in total.